The van der Waals surface area contributed by atoms with Crippen LogP contribution in [-0.4, -0.2) is 58.8 Å². The predicted octanol–water partition coefficient (Wildman–Crippen LogP) is 2.38. The normalized spacial score (nSPS) is 18.3. The highest BCUT2D eigenvalue weighted by Gasteiger charge is 2.30. The first-order valence-corrected chi connectivity index (χ1v) is 10.1. The summed E-state index contributed by atoms with van der Waals surface area (Å²) in [6.07, 6.45) is 5.60. The number of fused-ring (bicyclic) bond motifs is 1. The van der Waals surface area contributed by atoms with Crippen molar-refractivity contribution in [3.63, 3.8) is 0 Å². The highest BCUT2D eigenvalue weighted by molar-refractivity contribution is 6.30. The van der Waals surface area contributed by atoms with Gasteiger partial charge in [-0.3, -0.25) is 10.00 Å². The van der Waals surface area contributed by atoms with E-state index in [2.05, 4.69) is 47.4 Å². The summed E-state index contributed by atoms with van der Waals surface area (Å²) in [4.78, 5) is 15.6. The van der Waals surface area contributed by atoms with Gasteiger partial charge in [0.2, 0.25) is 17.7 Å². The molecule has 0 radical (unpaired) electrons. The average Bonchev–Trinajstić information content (AvgIpc) is 3.51. The van der Waals surface area contributed by atoms with Gasteiger partial charge >= 0.3 is 0 Å². The van der Waals surface area contributed by atoms with Gasteiger partial charge in [-0.2, -0.15) is 24.6 Å². The fourth-order valence-corrected chi connectivity index (χ4v) is 4.21. The number of aromatic amines is 1. The number of rotatable bonds is 6. The SMILES string of the molecule is CC(c1c[nH]nc1Cl)N1CCCC1CNc1nc(N)n2nc(-c3ccco3)nc2n1. The molecule has 4 aromatic rings. The van der Waals surface area contributed by atoms with Gasteiger partial charge in [0.15, 0.2) is 10.9 Å². The van der Waals surface area contributed by atoms with Crippen molar-refractivity contribution in [3.8, 4) is 11.6 Å². The Morgan fingerprint density at radius 2 is 2.30 bits per heavy atom. The number of nitrogen functional groups attached to an aromatic ring is 1. The van der Waals surface area contributed by atoms with Crippen LogP contribution < -0.4 is 11.1 Å². The van der Waals surface area contributed by atoms with Gasteiger partial charge in [0.25, 0.3) is 5.78 Å². The second-order valence-electron chi connectivity index (χ2n) is 7.25. The van der Waals surface area contributed by atoms with E-state index in [1.807, 2.05) is 6.20 Å². The number of nitrogens with one attached hydrogen (secondary N) is 2. The van der Waals surface area contributed by atoms with Crippen LogP contribution in [0.3, 0.4) is 0 Å². The molecule has 4 N–H and O–H groups in total. The van der Waals surface area contributed by atoms with Gasteiger partial charge in [-0.15, -0.1) is 5.10 Å². The van der Waals surface area contributed by atoms with Crippen LogP contribution in [-0.2, 0) is 0 Å². The summed E-state index contributed by atoms with van der Waals surface area (Å²) in [7, 11) is 0. The molecule has 0 aliphatic carbocycles. The standard InChI is InChI=1S/C18H21ClN10O/c1-10(12-9-22-26-14(12)19)28-6-2-4-11(28)8-21-17-24-16(20)29-18(25-17)23-15(27-29)13-5-3-7-30-13/h3,5,7,9-11H,2,4,6,8H2,1H3,(H,22,26)(H3,20,21,23,24,25,27). The van der Waals surface area contributed by atoms with Gasteiger partial charge in [0.05, 0.1) is 6.26 Å². The van der Waals surface area contributed by atoms with Crippen molar-refractivity contribution in [1.29, 1.82) is 0 Å². The monoisotopic (exact) mass is 428 g/mol. The third-order valence-electron chi connectivity index (χ3n) is 5.46. The predicted molar refractivity (Wildman–Crippen MR) is 111 cm³/mol. The van der Waals surface area contributed by atoms with Gasteiger partial charge < -0.3 is 15.5 Å². The van der Waals surface area contributed by atoms with Crippen molar-refractivity contribution in [1.82, 2.24) is 39.7 Å². The lowest BCUT2D eigenvalue weighted by Crippen LogP contribution is -2.37. The van der Waals surface area contributed by atoms with Gasteiger partial charge in [-0.05, 0) is 38.4 Å². The minimum absolute atomic E-state index is 0.159. The van der Waals surface area contributed by atoms with Gasteiger partial charge in [-0.1, -0.05) is 11.6 Å². The molecule has 12 heteroatoms. The zero-order valence-corrected chi connectivity index (χ0v) is 17.0. The van der Waals surface area contributed by atoms with Crippen LogP contribution in [0.4, 0.5) is 11.9 Å². The van der Waals surface area contributed by atoms with Crippen molar-refractivity contribution in [2.24, 2.45) is 0 Å². The van der Waals surface area contributed by atoms with Gasteiger partial charge in [0.1, 0.15) is 0 Å². The largest absolute Gasteiger partial charge is 0.461 e. The number of nitrogens with zero attached hydrogens (tertiary/aromatic N) is 7. The number of aromatic nitrogens is 7. The Kier molecular flexibility index (Phi) is 4.75. The molecule has 1 aliphatic rings. The molecule has 0 amide bonds. The highest BCUT2D eigenvalue weighted by atomic mass is 35.5. The summed E-state index contributed by atoms with van der Waals surface area (Å²) in [6.45, 7) is 3.81. The zero-order chi connectivity index (χ0) is 20.7. The molecule has 1 fully saturated rings. The maximum atomic E-state index is 6.21. The van der Waals surface area contributed by atoms with Crippen LogP contribution in [0, 0.1) is 0 Å². The Morgan fingerprint density at radius 3 is 3.07 bits per heavy atom. The van der Waals surface area contributed by atoms with E-state index in [1.54, 1.807) is 18.4 Å². The molecule has 5 heterocycles. The number of nitrogens with two attached hydrogens (primary N) is 1. The van der Waals surface area contributed by atoms with Crippen molar-refractivity contribution in [2.75, 3.05) is 24.1 Å². The Morgan fingerprint density at radius 1 is 1.40 bits per heavy atom. The molecule has 0 aromatic carbocycles. The smallest absolute Gasteiger partial charge is 0.259 e. The van der Waals surface area contributed by atoms with Crippen LogP contribution in [0.25, 0.3) is 17.4 Å². The maximum Gasteiger partial charge on any atom is 0.259 e. The Balaban J connectivity index is 1.32. The Labute approximate surface area is 176 Å². The first-order chi connectivity index (χ1) is 14.6. The molecule has 1 saturated heterocycles. The Bertz CT molecular complexity index is 1150. The van der Waals surface area contributed by atoms with E-state index >= 15 is 0 Å². The molecule has 30 heavy (non-hydrogen) atoms. The first kappa shape index (κ1) is 18.8. The quantitative estimate of drug-likeness (QED) is 0.422. The van der Waals surface area contributed by atoms with Gasteiger partial charge in [-0.25, -0.2) is 0 Å². The van der Waals surface area contributed by atoms with Crippen LogP contribution >= 0.6 is 11.6 Å². The van der Waals surface area contributed by atoms with E-state index in [0.717, 1.165) is 24.9 Å². The molecule has 0 saturated carbocycles. The molecule has 1 aliphatic heterocycles. The lowest BCUT2D eigenvalue weighted by Gasteiger charge is -2.30. The zero-order valence-electron chi connectivity index (χ0n) is 16.3. The van der Waals surface area contributed by atoms with E-state index in [9.17, 15) is 0 Å². The fraction of sp³-hybridized carbons (Fsp3) is 0.389. The number of H-pyrrole nitrogens is 1. The average molecular weight is 429 g/mol. The van der Waals surface area contributed by atoms with E-state index in [0.29, 0.717) is 41.1 Å². The van der Waals surface area contributed by atoms with Crippen molar-refractivity contribution < 1.29 is 4.42 Å². The van der Waals surface area contributed by atoms with Crippen LogP contribution in [0.5, 0.6) is 0 Å². The molecular formula is C18H21ClN10O. The number of likely N-dealkylation sites (tertiary alicyclic amines) is 1. The number of furan rings is 1. The molecule has 4 aromatic heterocycles. The number of hydrogen-bond donors (Lipinski definition) is 3. The highest BCUT2D eigenvalue weighted by Crippen LogP contribution is 2.31. The summed E-state index contributed by atoms with van der Waals surface area (Å²) >= 11 is 6.21. The van der Waals surface area contributed by atoms with Crippen molar-refractivity contribution in [2.45, 2.75) is 31.8 Å². The van der Waals surface area contributed by atoms with E-state index < -0.39 is 0 Å². The molecule has 2 atom stereocenters. The van der Waals surface area contributed by atoms with Crippen molar-refractivity contribution >= 4 is 29.3 Å². The molecular weight excluding hydrogens is 408 g/mol. The summed E-state index contributed by atoms with van der Waals surface area (Å²) in [5.74, 6) is 1.93. The van der Waals surface area contributed by atoms with Crippen LogP contribution in [0.15, 0.2) is 29.0 Å². The minimum atomic E-state index is 0.159. The fourth-order valence-electron chi connectivity index (χ4n) is 3.95. The molecule has 2 unspecified atom stereocenters. The molecule has 0 bridgehead atoms. The third kappa shape index (κ3) is 3.35. The Hall–Kier alpha value is -3.18. The van der Waals surface area contributed by atoms with E-state index in [1.165, 1.54) is 4.52 Å². The number of hydrogen-bond acceptors (Lipinski definition) is 9. The summed E-state index contributed by atoms with van der Waals surface area (Å²) < 4.78 is 6.74. The van der Waals surface area contributed by atoms with E-state index in [-0.39, 0.29) is 12.0 Å². The lowest BCUT2D eigenvalue weighted by molar-refractivity contribution is 0.200. The van der Waals surface area contributed by atoms with Gasteiger partial charge in [0, 0.05) is 30.4 Å². The number of anilines is 2. The van der Waals surface area contributed by atoms with Crippen molar-refractivity contribution in [3.05, 3.63) is 35.3 Å². The molecule has 5 rings (SSSR count). The lowest BCUT2D eigenvalue weighted by atomic mass is 10.1. The van der Waals surface area contributed by atoms with Crippen LogP contribution in [0.2, 0.25) is 5.15 Å². The molecule has 0 spiro atoms. The third-order valence-corrected chi connectivity index (χ3v) is 5.76. The van der Waals surface area contributed by atoms with Crippen LogP contribution in [0.1, 0.15) is 31.4 Å². The molecule has 156 valence electrons. The summed E-state index contributed by atoms with van der Waals surface area (Å²) in [5, 5.41) is 15.0. The first-order valence-electron chi connectivity index (χ1n) is 9.73. The van der Waals surface area contributed by atoms with E-state index in [4.69, 9.17) is 21.8 Å². The second-order valence-corrected chi connectivity index (χ2v) is 7.61. The minimum Gasteiger partial charge on any atom is -0.461 e. The topological polar surface area (TPSA) is 139 Å². The summed E-state index contributed by atoms with van der Waals surface area (Å²) in [6, 6.07) is 4.02. The molecule has 11 nitrogen and oxygen atoms in total. The maximum absolute atomic E-state index is 6.21. The number of halogens is 1. The second kappa shape index (κ2) is 7.58. The summed E-state index contributed by atoms with van der Waals surface area (Å²) in [5.41, 5.74) is 7.07.